The summed E-state index contributed by atoms with van der Waals surface area (Å²) in [6, 6.07) is 3.26. The summed E-state index contributed by atoms with van der Waals surface area (Å²) in [4.78, 5) is 25.3. The molecule has 1 amide bonds. The third-order valence-corrected chi connectivity index (χ3v) is 5.19. The van der Waals surface area contributed by atoms with E-state index in [1.165, 1.54) is 62.3 Å². The Morgan fingerprint density at radius 2 is 1.77 bits per heavy atom. The summed E-state index contributed by atoms with van der Waals surface area (Å²) in [7, 11) is 0. The third-order valence-electron chi connectivity index (χ3n) is 5.19. The molecule has 3 aromatic rings. The maximum absolute atomic E-state index is 12.6. The molecule has 0 aliphatic rings. The molecule has 8 heteroatoms. The predicted molar refractivity (Wildman–Crippen MR) is 118 cm³/mol. The fourth-order valence-electron chi connectivity index (χ4n) is 3.54. The lowest BCUT2D eigenvalue weighted by Crippen LogP contribution is -2.29. The summed E-state index contributed by atoms with van der Waals surface area (Å²) in [5.74, 6) is 0.600. The molecule has 0 radical (unpaired) electrons. The van der Waals surface area contributed by atoms with Gasteiger partial charge in [0.2, 0.25) is 5.95 Å². The fraction of sp³-hybridized carbons (Fsp3) is 0.545. The van der Waals surface area contributed by atoms with E-state index in [1.54, 1.807) is 18.4 Å². The first-order valence-corrected chi connectivity index (χ1v) is 11.0. The van der Waals surface area contributed by atoms with Gasteiger partial charge in [-0.1, -0.05) is 64.7 Å². The zero-order chi connectivity index (χ0) is 21.2. The summed E-state index contributed by atoms with van der Waals surface area (Å²) >= 11 is 0. The number of aromatic nitrogens is 4. The largest absolute Gasteiger partial charge is 0.463 e. The van der Waals surface area contributed by atoms with Crippen molar-refractivity contribution < 1.29 is 9.21 Å². The van der Waals surface area contributed by atoms with Crippen LogP contribution in [-0.2, 0) is 0 Å². The number of imidazole rings is 1. The number of nitrogens with zero attached hydrogens (tertiary/aromatic N) is 4. The number of fused-ring (bicyclic) bond motifs is 1. The summed E-state index contributed by atoms with van der Waals surface area (Å²) in [5, 5.41) is 2.94. The monoisotopic (exact) mass is 412 g/mol. The minimum Gasteiger partial charge on any atom is -0.463 e. The minimum atomic E-state index is -0.267. The summed E-state index contributed by atoms with van der Waals surface area (Å²) < 4.78 is 6.77. The molecule has 0 saturated heterocycles. The van der Waals surface area contributed by atoms with Crippen molar-refractivity contribution in [2.45, 2.75) is 71.1 Å². The number of hydrogen-bond donors (Lipinski definition) is 2. The van der Waals surface area contributed by atoms with Crippen LogP contribution in [-0.4, -0.2) is 32.1 Å². The molecule has 3 aromatic heterocycles. The molecule has 0 bridgehead atoms. The Balaban J connectivity index is 1.44. The quantitative estimate of drug-likeness (QED) is 0.398. The Hall–Kier alpha value is -2.90. The van der Waals surface area contributed by atoms with E-state index in [9.17, 15) is 4.79 Å². The van der Waals surface area contributed by atoms with Crippen LogP contribution in [0.5, 0.6) is 0 Å². The van der Waals surface area contributed by atoms with E-state index in [-0.39, 0.29) is 12.0 Å². The Bertz CT molecular complexity index is 919. The van der Waals surface area contributed by atoms with Gasteiger partial charge in [-0.15, -0.1) is 0 Å². The zero-order valence-corrected chi connectivity index (χ0v) is 17.8. The van der Waals surface area contributed by atoms with E-state index in [4.69, 9.17) is 10.2 Å². The van der Waals surface area contributed by atoms with Gasteiger partial charge < -0.3 is 15.5 Å². The predicted octanol–water partition coefficient (Wildman–Crippen LogP) is 5.15. The maximum Gasteiger partial charge on any atom is 0.328 e. The van der Waals surface area contributed by atoms with Crippen LogP contribution in [0.1, 0.15) is 71.1 Å². The van der Waals surface area contributed by atoms with Crippen LogP contribution in [0.25, 0.3) is 22.6 Å². The lowest BCUT2D eigenvalue weighted by Gasteiger charge is -2.07. The summed E-state index contributed by atoms with van der Waals surface area (Å²) in [6.07, 6.45) is 15.6. The van der Waals surface area contributed by atoms with Crippen molar-refractivity contribution >= 4 is 23.1 Å². The zero-order valence-electron chi connectivity index (χ0n) is 17.8. The van der Waals surface area contributed by atoms with E-state index in [0.717, 1.165) is 12.8 Å². The van der Waals surface area contributed by atoms with Gasteiger partial charge in [-0.05, 0) is 18.6 Å². The number of hydrogen-bond acceptors (Lipinski definition) is 6. The number of nitrogens with two attached hydrogens (primary N) is 1. The topological polar surface area (TPSA) is 112 Å². The summed E-state index contributed by atoms with van der Waals surface area (Å²) in [5.41, 5.74) is 7.16. The molecule has 0 spiro atoms. The number of furan rings is 1. The molecule has 0 aromatic carbocycles. The SMILES string of the molecule is CCCCCCCCCCCCNC(=O)n1cnc2c(-c3ccco3)nc(N)nc21. The van der Waals surface area contributed by atoms with E-state index in [1.807, 2.05) is 0 Å². The molecule has 0 atom stereocenters. The third kappa shape index (κ3) is 5.81. The smallest absolute Gasteiger partial charge is 0.328 e. The Morgan fingerprint density at radius 3 is 2.43 bits per heavy atom. The molecule has 0 unspecified atom stereocenters. The number of rotatable bonds is 12. The van der Waals surface area contributed by atoms with Gasteiger partial charge >= 0.3 is 6.03 Å². The van der Waals surface area contributed by atoms with Gasteiger partial charge in [0.15, 0.2) is 11.4 Å². The van der Waals surface area contributed by atoms with Crippen molar-refractivity contribution in [3.63, 3.8) is 0 Å². The fourth-order valence-corrected chi connectivity index (χ4v) is 3.54. The first-order valence-electron chi connectivity index (χ1n) is 11.0. The Morgan fingerprint density at radius 1 is 1.07 bits per heavy atom. The Kier molecular flexibility index (Phi) is 8.23. The number of nitrogens with one attached hydrogen (secondary N) is 1. The van der Waals surface area contributed by atoms with E-state index < -0.39 is 0 Å². The Labute approximate surface area is 177 Å². The average Bonchev–Trinajstić information content (AvgIpc) is 3.41. The molecule has 0 saturated carbocycles. The first kappa shape index (κ1) is 21.8. The van der Waals surface area contributed by atoms with Crippen LogP contribution < -0.4 is 11.1 Å². The molecule has 162 valence electrons. The van der Waals surface area contributed by atoms with Crippen LogP contribution in [0.2, 0.25) is 0 Å². The molecule has 0 aliphatic carbocycles. The highest BCUT2D eigenvalue weighted by Gasteiger charge is 2.18. The lowest BCUT2D eigenvalue weighted by atomic mass is 10.1. The van der Waals surface area contributed by atoms with Crippen molar-refractivity contribution in [1.29, 1.82) is 0 Å². The highest BCUT2D eigenvalue weighted by atomic mass is 16.3. The van der Waals surface area contributed by atoms with Crippen molar-refractivity contribution in [3.05, 3.63) is 24.7 Å². The molecule has 3 N–H and O–H groups in total. The number of carbonyl (C=O) groups is 1. The van der Waals surface area contributed by atoms with Crippen LogP contribution in [0.3, 0.4) is 0 Å². The maximum atomic E-state index is 12.6. The van der Waals surface area contributed by atoms with Gasteiger partial charge in [-0.3, -0.25) is 0 Å². The highest BCUT2D eigenvalue weighted by molar-refractivity contribution is 5.93. The second-order valence-corrected chi connectivity index (χ2v) is 7.61. The molecule has 0 fully saturated rings. The second-order valence-electron chi connectivity index (χ2n) is 7.61. The van der Waals surface area contributed by atoms with Crippen LogP contribution in [0, 0.1) is 0 Å². The molecule has 3 rings (SSSR count). The molecule has 8 nitrogen and oxygen atoms in total. The standard InChI is InChI=1S/C22H32N6O2/c1-2-3-4-5-6-7-8-9-10-11-14-24-22(29)28-16-25-19-18(17-13-12-15-30-17)26-21(23)27-20(19)28/h12-13,15-16H,2-11,14H2,1H3,(H,24,29)(H2,23,26,27). The normalized spacial score (nSPS) is 11.2. The molecule has 30 heavy (non-hydrogen) atoms. The van der Waals surface area contributed by atoms with Gasteiger partial charge in [-0.25, -0.2) is 19.3 Å². The van der Waals surface area contributed by atoms with Gasteiger partial charge in [0, 0.05) is 6.54 Å². The van der Waals surface area contributed by atoms with Gasteiger partial charge in [0.25, 0.3) is 0 Å². The highest BCUT2D eigenvalue weighted by Crippen LogP contribution is 2.25. The molecular formula is C22H32N6O2. The van der Waals surface area contributed by atoms with E-state index >= 15 is 0 Å². The van der Waals surface area contributed by atoms with Crippen molar-refractivity contribution in [1.82, 2.24) is 24.8 Å². The van der Waals surface area contributed by atoms with E-state index in [2.05, 4.69) is 27.2 Å². The van der Waals surface area contributed by atoms with Crippen LogP contribution in [0.4, 0.5) is 10.7 Å². The van der Waals surface area contributed by atoms with Gasteiger partial charge in [0.1, 0.15) is 17.5 Å². The van der Waals surface area contributed by atoms with E-state index in [0.29, 0.717) is 29.2 Å². The second kappa shape index (κ2) is 11.3. The lowest BCUT2D eigenvalue weighted by molar-refractivity contribution is 0.243. The number of amides is 1. The molecule has 0 aliphatic heterocycles. The number of carbonyl (C=O) groups excluding carboxylic acids is 1. The number of anilines is 1. The first-order chi connectivity index (χ1) is 14.7. The number of nitrogen functional groups attached to an aromatic ring is 1. The van der Waals surface area contributed by atoms with Crippen LogP contribution in [0.15, 0.2) is 29.1 Å². The molecule has 3 heterocycles. The van der Waals surface area contributed by atoms with Crippen LogP contribution >= 0.6 is 0 Å². The minimum absolute atomic E-state index is 0.0677. The van der Waals surface area contributed by atoms with Crippen molar-refractivity contribution in [3.8, 4) is 11.5 Å². The molecular weight excluding hydrogens is 380 g/mol. The summed E-state index contributed by atoms with van der Waals surface area (Å²) in [6.45, 7) is 2.87. The van der Waals surface area contributed by atoms with Crippen molar-refractivity contribution in [2.24, 2.45) is 0 Å². The number of unbranched alkanes of at least 4 members (excludes halogenated alkanes) is 9. The average molecular weight is 413 g/mol. The van der Waals surface area contributed by atoms with Gasteiger partial charge in [-0.2, -0.15) is 4.98 Å². The van der Waals surface area contributed by atoms with Crippen molar-refractivity contribution in [2.75, 3.05) is 12.3 Å². The van der Waals surface area contributed by atoms with Gasteiger partial charge in [0.05, 0.1) is 6.26 Å².